The smallest absolute Gasteiger partial charge is 0.259 e. The van der Waals surface area contributed by atoms with Crippen LogP contribution in [0.15, 0.2) is 22.5 Å². The van der Waals surface area contributed by atoms with Crippen LogP contribution < -0.4 is 15.8 Å². The van der Waals surface area contributed by atoms with Crippen LogP contribution in [0.5, 0.6) is 0 Å². The molecule has 1 aliphatic carbocycles. The number of carbonyl (C=O) groups excluding carboxylic acids is 1. The van der Waals surface area contributed by atoms with E-state index in [0.29, 0.717) is 46.3 Å². The van der Waals surface area contributed by atoms with Crippen LogP contribution in [-0.2, 0) is 13.1 Å². The van der Waals surface area contributed by atoms with Gasteiger partial charge in [-0.3, -0.25) is 14.2 Å². The highest BCUT2D eigenvalue weighted by molar-refractivity contribution is 6.31. The number of halogens is 1. The molecule has 0 radical (unpaired) electrons. The molecule has 7 nitrogen and oxygen atoms in total. The summed E-state index contributed by atoms with van der Waals surface area (Å²) in [6, 6.07) is 4.76. The number of rotatable bonds is 7. The molecule has 194 valence electrons. The SMILES string of the molecule is CCN(c1cc(Cl)cc(C(=O)NCc2c(C)nc3n(c2=O)CC(C)=C3)c1C)C1CCC(N(C)C)CC1. The summed E-state index contributed by atoms with van der Waals surface area (Å²) in [5.74, 6) is 0.446. The molecule has 0 unspecified atom stereocenters. The minimum atomic E-state index is -0.234. The second-order valence-electron chi connectivity index (χ2n) is 10.4. The molecule has 0 atom stereocenters. The van der Waals surface area contributed by atoms with Gasteiger partial charge < -0.3 is 15.1 Å². The Balaban J connectivity index is 1.54. The van der Waals surface area contributed by atoms with Gasteiger partial charge in [-0.2, -0.15) is 0 Å². The van der Waals surface area contributed by atoms with Crippen LogP contribution in [0.2, 0.25) is 5.02 Å². The van der Waals surface area contributed by atoms with Crippen LogP contribution in [0, 0.1) is 13.8 Å². The quantitative estimate of drug-likeness (QED) is 0.590. The molecule has 1 fully saturated rings. The monoisotopic (exact) mass is 511 g/mol. The number of nitrogens with zero attached hydrogens (tertiary/aromatic N) is 4. The lowest BCUT2D eigenvalue weighted by atomic mass is 9.89. The summed E-state index contributed by atoms with van der Waals surface area (Å²) < 4.78 is 1.66. The Morgan fingerprint density at radius 2 is 1.81 bits per heavy atom. The zero-order chi connectivity index (χ0) is 26.1. The summed E-state index contributed by atoms with van der Waals surface area (Å²) in [4.78, 5) is 35.6. The lowest BCUT2D eigenvalue weighted by Crippen LogP contribution is -2.42. The van der Waals surface area contributed by atoms with Crippen molar-refractivity contribution >= 4 is 29.3 Å². The standard InChI is InChI=1S/C28H38ClN5O2/c1-7-33(22-10-8-21(9-11-22)32(5)6)25-14-20(29)13-23(18(25)3)27(35)30-15-24-19(4)31-26-12-17(2)16-34(26)28(24)36/h12-14,21-22H,7-11,15-16H2,1-6H3,(H,30,35). The first kappa shape index (κ1) is 26.4. The van der Waals surface area contributed by atoms with E-state index < -0.39 is 0 Å². The maximum Gasteiger partial charge on any atom is 0.259 e. The number of amides is 1. The van der Waals surface area contributed by atoms with E-state index in [1.54, 1.807) is 10.6 Å². The van der Waals surface area contributed by atoms with Crippen LogP contribution in [0.1, 0.15) is 72.5 Å². The highest BCUT2D eigenvalue weighted by atomic mass is 35.5. The molecule has 36 heavy (non-hydrogen) atoms. The highest BCUT2D eigenvalue weighted by Crippen LogP contribution is 2.34. The zero-order valence-electron chi connectivity index (χ0n) is 22.3. The van der Waals surface area contributed by atoms with Crippen LogP contribution in [0.3, 0.4) is 0 Å². The van der Waals surface area contributed by atoms with E-state index in [9.17, 15) is 9.59 Å². The van der Waals surface area contributed by atoms with Gasteiger partial charge in [-0.1, -0.05) is 11.6 Å². The van der Waals surface area contributed by atoms with Crippen molar-refractivity contribution in [3.63, 3.8) is 0 Å². The maximum atomic E-state index is 13.3. The normalized spacial score (nSPS) is 19.3. The molecule has 1 N–H and O–H groups in total. The van der Waals surface area contributed by atoms with Crippen molar-refractivity contribution in [2.75, 3.05) is 25.5 Å². The molecule has 1 aromatic heterocycles. The fourth-order valence-electron chi connectivity index (χ4n) is 5.68. The first-order valence-electron chi connectivity index (χ1n) is 12.9. The molecule has 0 saturated heterocycles. The van der Waals surface area contributed by atoms with E-state index in [0.717, 1.165) is 36.2 Å². The Labute approximate surface area is 219 Å². The topological polar surface area (TPSA) is 70.5 Å². The van der Waals surface area contributed by atoms with Crippen molar-refractivity contribution in [3.05, 3.63) is 61.3 Å². The lowest BCUT2D eigenvalue weighted by molar-refractivity contribution is 0.0950. The molecular formula is C28H38ClN5O2. The summed E-state index contributed by atoms with van der Waals surface area (Å²) in [6.45, 7) is 9.47. The van der Waals surface area contributed by atoms with E-state index in [4.69, 9.17) is 11.6 Å². The Kier molecular flexibility index (Phi) is 7.90. The Hall–Kier alpha value is -2.64. The number of anilines is 1. The number of fused-ring (bicyclic) bond motifs is 1. The molecule has 4 rings (SSSR count). The van der Waals surface area contributed by atoms with E-state index in [1.807, 2.05) is 32.9 Å². The van der Waals surface area contributed by atoms with Crippen LogP contribution in [0.25, 0.3) is 6.08 Å². The van der Waals surface area contributed by atoms with Crippen molar-refractivity contribution in [1.29, 1.82) is 0 Å². The van der Waals surface area contributed by atoms with Crippen LogP contribution in [-0.4, -0.2) is 53.1 Å². The molecule has 0 spiro atoms. The second kappa shape index (κ2) is 10.8. The van der Waals surface area contributed by atoms with Gasteiger partial charge in [0.15, 0.2) is 0 Å². The van der Waals surface area contributed by atoms with Crippen molar-refractivity contribution in [1.82, 2.24) is 19.8 Å². The minimum absolute atomic E-state index is 0.0973. The molecule has 0 bridgehead atoms. The number of allylic oxidation sites excluding steroid dienone is 1. The predicted octanol–water partition coefficient (Wildman–Crippen LogP) is 4.56. The fourth-order valence-corrected chi connectivity index (χ4v) is 5.89. The first-order chi connectivity index (χ1) is 17.1. The molecule has 2 aliphatic rings. The van der Waals surface area contributed by atoms with Crippen molar-refractivity contribution < 1.29 is 4.79 Å². The van der Waals surface area contributed by atoms with Gasteiger partial charge in [0.05, 0.1) is 17.8 Å². The number of benzene rings is 1. The number of nitrogens with one attached hydrogen (secondary N) is 1. The van der Waals surface area contributed by atoms with E-state index in [1.165, 1.54) is 12.8 Å². The number of aromatic nitrogens is 2. The van der Waals surface area contributed by atoms with Gasteiger partial charge in [0.25, 0.3) is 11.5 Å². The number of aryl methyl sites for hydroxylation is 1. The average Bonchev–Trinajstić information content (AvgIpc) is 3.21. The van der Waals surface area contributed by atoms with Crippen molar-refractivity contribution in [2.45, 2.75) is 78.6 Å². The summed E-state index contributed by atoms with van der Waals surface area (Å²) in [7, 11) is 4.31. The van der Waals surface area contributed by atoms with Gasteiger partial charge in [-0.25, -0.2) is 4.98 Å². The molecule has 1 saturated carbocycles. The Morgan fingerprint density at radius 1 is 1.14 bits per heavy atom. The highest BCUT2D eigenvalue weighted by Gasteiger charge is 2.28. The average molecular weight is 512 g/mol. The molecule has 1 aliphatic heterocycles. The summed E-state index contributed by atoms with van der Waals surface area (Å²) >= 11 is 6.53. The molecule has 1 amide bonds. The van der Waals surface area contributed by atoms with Gasteiger partial charge in [0, 0.05) is 41.4 Å². The van der Waals surface area contributed by atoms with Gasteiger partial charge in [-0.15, -0.1) is 0 Å². The summed E-state index contributed by atoms with van der Waals surface area (Å²) in [5.41, 5.74) is 4.63. The lowest BCUT2D eigenvalue weighted by Gasteiger charge is -2.40. The molecular weight excluding hydrogens is 474 g/mol. The van der Waals surface area contributed by atoms with E-state index in [2.05, 4.69) is 41.1 Å². The number of hydrogen-bond donors (Lipinski definition) is 1. The Morgan fingerprint density at radius 3 is 2.44 bits per heavy atom. The third kappa shape index (κ3) is 5.23. The molecule has 2 heterocycles. The first-order valence-corrected chi connectivity index (χ1v) is 13.3. The maximum absolute atomic E-state index is 13.3. The van der Waals surface area contributed by atoms with Crippen LogP contribution >= 0.6 is 11.6 Å². The van der Waals surface area contributed by atoms with Crippen molar-refractivity contribution in [2.24, 2.45) is 0 Å². The third-order valence-corrected chi connectivity index (χ3v) is 8.00. The largest absolute Gasteiger partial charge is 0.369 e. The number of carbonyl (C=O) groups is 1. The van der Waals surface area contributed by atoms with E-state index in [-0.39, 0.29) is 18.0 Å². The van der Waals surface area contributed by atoms with Crippen molar-refractivity contribution in [3.8, 4) is 0 Å². The van der Waals surface area contributed by atoms with Gasteiger partial charge in [-0.05, 0) is 96.8 Å². The van der Waals surface area contributed by atoms with E-state index >= 15 is 0 Å². The second-order valence-corrected chi connectivity index (χ2v) is 10.8. The zero-order valence-corrected chi connectivity index (χ0v) is 23.1. The minimum Gasteiger partial charge on any atom is -0.369 e. The van der Waals surface area contributed by atoms with Crippen LogP contribution in [0.4, 0.5) is 5.69 Å². The van der Waals surface area contributed by atoms with Gasteiger partial charge >= 0.3 is 0 Å². The summed E-state index contributed by atoms with van der Waals surface area (Å²) in [5, 5.41) is 3.50. The van der Waals surface area contributed by atoms with Gasteiger partial charge in [0.1, 0.15) is 5.82 Å². The molecule has 1 aromatic carbocycles. The molecule has 8 heteroatoms. The summed E-state index contributed by atoms with van der Waals surface area (Å²) in [6.07, 6.45) is 6.50. The number of hydrogen-bond acceptors (Lipinski definition) is 5. The predicted molar refractivity (Wildman–Crippen MR) is 147 cm³/mol. The molecule has 2 aromatic rings. The third-order valence-electron chi connectivity index (χ3n) is 7.78. The Bertz CT molecular complexity index is 1240. The van der Waals surface area contributed by atoms with Gasteiger partial charge in [0.2, 0.25) is 0 Å². The fraction of sp³-hybridized carbons (Fsp3) is 0.536.